The molecule has 0 atom stereocenters. The van der Waals surface area contributed by atoms with Crippen molar-refractivity contribution in [2.45, 2.75) is 0 Å². The van der Waals surface area contributed by atoms with Crippen molar-refractivity contribution in [3.05, 3.63) is 36.5 Å². The molecule has 2 heterocycles. The number of hydrogen-bond acceptors (Lipinski definition) is 4. The van der Waals surface area contributed by atoms with Crippen LogP contribution in [0, 0.1) is 0 Å². The number of carbonyl (C=O) groups excluding carboxylic acids is 1. The highest BCUT2D eigenvalue weighted by molar-refractivity contribution is 5.92. The van der Waals surface area contributed by atoms with E-state index in [9.17, 15) is 4.79 Å². The molecule has 110 valence electrons. The van der Waals surface area contributed by atoms with Crippen molar-refractivity contribution in [2.24, 2.45) is 0 Å². The molecule has 0 spiro atoms. The van der Waals surface area contributed by atoms with Gasteiger partial charge in [-0.25, -0.2) is 0 Å². The van der Waals surface area contributed by atoms with Crippen LogP contribution >= 0.6 is 0 Å². The van der Waals surface area contributed by atoms with Gasteiger partial charge in [0.2, 0.25) is 5.91 Å². The Kier molecular flexibility index (Phi) is 4.28. The van der Waals surface area contributed by atoms with Crippen LogP contribution in [0.25, 0.3) is 11.3 Å². The predicted octanol–water partition coefficient (Wildman–Crippen LogP) is 0.920. The van der Waals surface area contributed by atoms with E-state index in [1.807, 2.05) is 30.3 Å². The van der Waals surface area contributed by atoms with E-state index in [1.165, 1.54) is 0 Å². The summed E-state index contributed by atoms with van der Waals surface area (Å²) in [5.41, 5.74) is 2.83. The summed E-state index contributed by atoms with van der Waals surface area (Å²) in [4.78, 5) is 14.2. The number of aromatic nitrogens is 2. The number of aromatic amines is 1. The number of amides is 1. The van der Waals surface area contributed by atoms with Crippen molar-refractivity contribution < 1.29 is 4.79 Å². The first-order valence-corrected chi connectivity index (χ1v) is 7.14. The van der Waals surface area contributed by atoms with E-state index >= 15 is 0 Å². The molecule has 21 heavy (non-hydrogen) atoms. The van der Waals surface area contributed by atoms with Crippen LogP contribution in [-0.4, -0.2) is 53.7 Å². The normalized spacial score (nSPS) is 15.8. The largest absolute Gasteiger partial charge is 0.325 e. The first-order valence-electron chi connectivity index (χ1n) is 7.14. The Labute approximate surface area is 123 Å². The molecule has 1 aliphatic rings. The van der Waals surface area contributed by atoms with Gasteiger partial charge < -0.3 is 10.6 Å². The average molecular weight is 285 g/mol. The molecule has 6 heteroatoms. The molecule has 1 saturated heterocycles. The molecule has 0 bridgehead atoms. The number of nitrogens with one attached hydrogen (secondary N) is 3. The zero-order chi connectivity index (χ0) is 14.5. The summed E-state index contributed by atoms with van der Waals surface area (Å²) in [6.07, 6.45) is 1.72. The van der Waals surface area contributed by atoms with Crippen molar-refractivity contribution in [2.75, 3.05) is 38.0 Å². The second-order valence-corrected chi connectivity index (χ2v) is 5.12. The predicted molar refractivity (Wildman–Crippen MR) is 82.0 cm³/mol. The highest BCUT2D eigenvalue weighted by atomic mass is 16.2. The Balaban J connectivity index is 1.56. The lowest BCUT2D eigenvalue weighted by Crippen LogP contribution is -2.46. The van der Waals surface area contributed by atoms with E-state index in [0.717, 1.165) is 43.1 Å². The van der Waals surface area contributed by atoms with Gasteiger partial charge in [-0.1, -0.05) is 12.1 Å². The second kappa shape index (κ2) is 6.51. The fourth-order valence-electron chi connectivity index (χ4n) is 2.42. The summed E-state index contributed by atoms with van der Waals surface area (Å²) < 4.78 is 0. The lowest BCUT2D eigenvalue weighted by atomic mass is 10.1. The number of nitrogens with zero attached hydrogens (tertiary/aromatic N) is 2. The van der Waals surface area contributed by atoms with Gasteiger partial charge >= 0.3 is 0 Å². The molecule has 1 fully saturated rings. The Morgan fingerprint density at radius 2 is 1.95 bits per heavy atom. The molecule has 6 nitrogen and oxygen atoms in total. The maximum Gasteiger partial charge on any atom is 0.238 e. The van der Waals surface area contributed by atoms with E-state index < -0.39 is 0 Å². The standard InChI is InChI=1S/C15H19N5O/c21-15(11-20-9-7-16-8-10-20)18-13-3-1-12(2-4-13)14-5-6-17-19-14/h1-6,16H,7-11H2,(H,17,19)(H,18,21). The van der Waals surface area contributed by atoms with Crippen LogP contribution in [-0.2, 0) is 4.79 Å². The van der Waals surface area contributed by atoms with Gasteiger partial charge in [-0.3, -0.25) is 14.8 Å². The first kappa shape index (κ1) is 13.8. The molecule has 1 aromatic heterocycles. The number of benzene rings is 1. The van der Waals surface area contributed by atoms with Gasteiger partial charge in [0.1, 0.15) is 0 Å². The molecular formula is C15H19N5O. The molecule has 0 saturated carbocycles. The summed E-state index contributed by atoms with van der Waals surface area (Å²) in [6.45, 7) is 4.20. The van der Waals surface area contributed by atoms with Gasteiger partial charge in [0.05, 0.1) is 12.2 Å². The minimum absolute atomic E-state index is 0.0335. The number of anilines is 1. The Morgan fingerprint density at radius 1 is 1.19 bits per heavy atom. The van der Waals surface area contributed by atoms with Crippen LogP contribution in [0.5, 0.6) is 0 Å². The zero-order valence-electron chi connectivity index (χ0n) is 11.8. The molecule has 1 amide bonds. The van der Waals surface area contributed by atoms with Crippen LogP contribution < -0.4 is 10.6 Å². The van der Waals surface area contributed by atoms with Crippen LogP contribution in [0.1, 0.15) is 0 Å². The lowest BCUT2D eigenvalue weighted by molar-refractivity contribution is -0.117. The average Bonchev–Trinajstić information content (AvgIpc) is 3.03. The third kappa shape index (κ3) is 3.68. The summed E-state index contributed by atoms with van der Waals surface area (Å²) in [7, 11) is 0. The van der Waals surface area contributed by atoms with Crippen molar-refractivity contribution in [1.82, 2.24) is 20.4 Å². The monoisotopic (exact) mass is 285 g/mol. The number of piperazine rings is 1. The van der Waals surface area contributed by atoms with E-state index in [4.69, 9.17) is 0 Å². The number of hydrogen-bond donors (Lipinski definition) is 3. The molecule has 2 aromatic rings. The molecular weight excluding hydrogens is 266 g/mol. The molecule has 3 N–H and O–H groups in total. The quantitative estimate of drug-likeness (QED) is 0.781. The Bertz CT molecular complexity index is 573. The molecule has 0 radical (unpaired) electrons. The summed E-state index contributed by atoms with van der Waals surface area (Å²) in [5.74, 6) is 0.0335. The number of carbonyl (C=O) groups is 1. The van der Waals surface area contributed by atoms with Crippen molar-refractivity contribution in [3.8, 4) is 11.3 Å². The minimum atomic E-state index is 0.0335. The van der Waals surface area contributed by atoms with E-state index in [1.54, 1.807) is 6.20 Å². The SMILES string of the molecule is O=C(CN1CCNCC1)Nc1ccc(-c2ccn[nH]2)cc1. The smallest absolute Gasteiger partial charge is 0.238 e. The van der Waals surface area contributed by atoms with Gasteiger partial charge in [0.25, 0.3) is 0 Å². The van der Waals surface area contributed by atoms with Gasteiger partial charge in [-0.15, -0.1) is 0 Å². The molecule has 0 unspecified atom stereocenters. The highest BCUT2D eigenvalue weighted by Crippen LogP contribution is 2.18. The second-order valence-electron chi connectivity index (χ2n) is 5.12. The van der Waals surface area contributed by atoms with Gasteiger partial charge in [0, 0.05) is 38.1 Å². The van der Waals surface area contributed by atoms with E-state index in [2.05, 4.69) is 25.7 Å². The maximum absolute atomic E-state index is 12.0. The van der Waals surface area contributed by atoms with Crippen LogP contribution in [0.3, 0.4) is 0 Å². The fraction of sp³-hybridized carbons (Fsp3) is 0.333. The van der Waals surface area contributed by atoms with Crippen LogP contribution in [0.2, 0.25) is 0 Å². The van der Waals surface area contributed by atoms with Gasteiger partial charge in [0.15, 0.2) is 0 Å². The first-order chi connectivity index (χ1) is 10.3. The van der Waals surface area contributed by atoms with Gasteiger partial charge in [-0.2, -0.15) is 5.10 Å². The Hall–Kier alpha value is -2.18. The van der Waals surface area contributed by atoms with Crippen LogP contribution in [0.4, 0.5) is 5.69 Å². The molecule has 1 aromatic carbocycles. The lowest BCUT2D eigenvalue weighted by Gasteiger charge is -2.26. The van der Waals surface area contributed by atoms with Crippen molar-refractivity contribution in [1.29, 1.82) is 0 Å². The van der Waals surface area contributed by atoms with E-state index in [0.29, 0.717) is 6.54 Å². The maximum atomic E-state index is 12.0. The van der Waals surface area contributed by atoms with Crippen molar-refractivity contribution >= 4 is 11.6 Å². The Morgan fingerprint density at radius 3 is 2.62 bits per heavy atom. The summed E-state index contributed by atoms with van der Waals surface area (Å²) in [5, 5.41) is 13.1. The van der Waals surface area contributed by atoms with E-state index in [-0.39, 0.29) is 5.91 Å². The van der Waals surface area contributed by atoms with Crippen LogP contribution in [0.15, 0.2) is 36.5 Å². The number of H-pyrrole nitrogens is 1. The third-order valence-electron chi connectivity index (χ3n) is 3.56. The molecule has 3 rings (SSSR count). The minimum Gasteiger partial charge on any atom is -0.325 e. The van der Waals surface area contributed by atoms with Gasteiger partial charge in [-0.05, 0) is 23.8 Å². The zero-order valence-corrected chi connectivity index (χ0v) is 11.8. The summed E-state index contributed by atoms with van der Waals surface area (Å²) >= 11 is 0. The summed E-state index contributed by atoms with van der Waals surface area (Å²) in [6, 6.07) is 9.66. The topological polar surface area (TPSA) is 73.1 Å². The third-order valence-corrected chi connectivity index (χ3v) is 3.56. The molecule has 0 aliphatic carbocycles. The number of rotatable bonds is 4. The fourth-order valence-corrected chi connectivity index (χ4v) is 2.42. The highest BCUT2D eigenvalue weighted by Gasteiger charge is 2.13. The van der Waals surface area contributed by atoms with Crippen molar-refractivity contribution in [3.63, 3.8) is 0 Å². The molecule has 1 aliphatic heterocycles.